The van der Waals surface area contributed by atoms with Crippen LogP contribution in [0.25, 0.3) is 0 Å². The molecule has 0 atom stereocenters. The van der Waals surface area contributed by atoms with Crippen LogP contribution in [-0.2, 0) is 6.42 Å². The lowest BCUT2D eigenvalue weighted by molar-refractivity contribution is 0.321. The van der Waals surface area contributed by atoms with Crippen LogP contribution in [0.3, 0.4) is 0 Å². The summed E-state index contributed by atoms with van der Waals surface area (Å²) in [5.74, 6) is 0. The molecule has 0 heterocycles. The van der Waals surface area contributed by atoms with E-state index in [-0.39, 0.29) is 0 Å². The zero-order chi connectivity index (χ0) is 8.10. The first-order valence-corrected chi connectivity index (χ1v) is 3.61. The van der Waals surface area contributed by atoms with Crippen LogP contribution in [-0.4, -0.2) is 11.4 Å². The van der Waals surface area contributed by atoms with E-state index < -0.39 is 0 Å². The summed E-state index contributed by atoms with van der Waals surface area (Å²) in [4.78, 5) is 0. The number of benzene rings is 1. The van der Waals surface area contributed by atoms with E-state index in [1.807, 2.05) is 24.3 Å². The molecule has 0 fully saturated rings. The molecule has 0 radical (unpaired) electrons. The fourth-order valence-electron chi connectivity index (χ4n) is 0.767. The molecule has 0 amide bonds. The predicted molar refractivity (Wildman–Crippen MR) is 45.4 cm³/mol. The van der Waals surface area contributed by atoms with Crippen molar-refractivity contribution in [3.63, 3.8) is 0 Å². The fourth-order valence-corrected chi connectivity index (χ4v) is 0.893. The average Bonchev–Trinajstić information content (AvgIpc) is 2.04. The lowest BCUT2D eigenvalue weighted by Crippen LogP contribution is -1.84. The SMILES string of the molecule is O/N=C/Cc1ccc(Cl)cc1. The smallest absolute Gasteiger partial charge is 0.0479 e. The fraction of sp³-hybridized carbons (Fsp3) is 0.125. The molecule has 0 saturated heterocycles. The highest BCUT2D eigenvalue weighted by Gasteiger charge is 1.89. The molecule has 0 unspecified atom stereocenters. The first-order valence-electron chi connectivity index (χ1n) is 3.23. The van der Waals surface area contributed by atoms with E-state index in [4.69, 9.17) is 16.8 Å². The van der Waals surface area contributed by atoms with Crippen molar-refractivity contribution in [2.24, 2.45) is 5.16 Å². The predicted octanol–water partition coefficient (Wildman–Crippen LogP) is 2.34. The summed E-state index contributed by atoms with van der Waals surface area (Å²) in [5, 5.41) is 11.7. The summed E-state index contributed by atoms with van der Waals surface area (Å²) in [6, 6.07) is 7.40. The Kier molecular flexibility index (Phi) is 2.93. The Morgan fingerprint density at radius 1 is 1.36 bits per heavy atom. The Hall–Kier alpha value is -1.02. The zero-order valence-corrected chi connectivity index (χ0v) is 6.62. The number of rotatable bonds is 2. The molecule has 3 heteroatoms. The van der Waals surface area contributed by atoms with Gasteiger partial charge < -0.3 is 5.21 Å². The first kappa shape index (κ1) is 8.08. The minimum Gasteiger partial charge on any atom is -0.411 e. The van der Waals surface area contributed by atoms with Gasteiger partial charge in [-0.15, -0.1) is 5.16 Å². The number of hydrogen-bond acceptors (Lipinski definition) is 2. The molecule has 0 aliphatic heterocycles. The van der Waals surface area contributed by atoms with Crippen molar-refractivity contribution in [3.05, 3.63) is 34.9 Å². The van der Waals surface area contributed by atoms with Gasteiger partial charge in [-0.2, -0.15) is 0 Å². The van der Waals surface area contributed by atoms with Crippen LogP contribution in [0.1, 0.15) is 5.56 Å². The van der Waals surface area contributed by atoms with Gasteiger partial charge in [0.05, 0.1) is 0 Å². The molecule has 1 N–H and O–H groups in total. The maximum atomic E-state index is 8.13. The molecule has 2 nitrogen and oxygen atoms in total. The molecule has 0 saturated carbocycles. The third-order valence-electron chi connectivity index (χ3n) is 1.32. The van der Waals surface area contributed by atoms with Crippen molar-refractivity contribution in [1.29, 1.82) is 0 Å². The second-order valence-corrected chi connectivity index (χ2v) is 2.57. The van der Waals surface area contributed by atoms with Gasteiger partial charge in [-0.25, -0.2) is 0 Å². The zero-order valence-electron chi connectivity index (χ0n) is 5.87. The van der Waals surface area contributed by atoms with Crippen LogP contribution in [0, 0.1) is 0 Å². The summed E-state index contributed by atoms with van der Waals surface area (Å²) in [7, 11) is 0. The highest BCUT2D eigenvalue weighted by Crippen LogP contribution is 2.08. The van der Waals surface area contributed by atoms with Gasteiger partial charge >= 0.3 is 0 Å². The molecular weight excluding hydrogens is 162 g/mol. The average molecular weight is 170 g/mol. The van der Waals surface area contributed by atoms with Crippen molar-refractivity contribution in [2.75, 3.05) is 0 Å². The van der Waals surface area contributed by atoms with E-state index in [1.165, 1.54) is 6.21 Å². The van der Waals surface area contributed by atoms with Gasteiger partial charge in [0.15, 0.2) is 0 Å². The molecule has 11 heavy (non-hydrogen) atoms. The van der Waals surface area contributed by atoms with Crippen LogP contribution in [0.15, 0.2) is 29.4 Å². The van der Waals surface area contributed by atoms with Crippen LogP contribution in [0.4, 0.5) is 0 Å². The van der Waals surface area contributed by atoms with Crippen LogP contribution >= 0.6 is 11.6 Å². The van der Waals surface area contributed by atoms with Crippen LogP contribution in [0.2, 0.25) is 5.02 Å². The number of oxime groups is 1. The second-order valence-electron chi connectivity index (χ2n) is 2.13. The van der Waals surface area contributed by atoms with Gasteiger partial charge in [0.2, 0.25) is 0 Å². The largest absolute Gasteiger partial charge is 0.411 e. The Morgan fingerprint density at radius 2 is 2.00 bits per heavy atom. The van der Waals surface area contributed by atoms with Gasteiger partial charge in [-0.3, -0.25) is 0 Å². The molecule has 0 aliphatic carbocycles. The molecule has 0 aliphatic rings. The summed E-state index contributed by atoms with van der Waals surface area (Å²) in [6.45, 7) is 0. The molecule has 1 aromatic rings. The standard InChI is InChI=1S/C8H8ClNO/c9-8-3-1-7(2-4-8)5-6-10-11/h1-4,6,11H,5H2/b10-6+. The van der Waals surface area contributed by atoms with Crippen molar-refractivity contribution < 1.29 is 5.21 Å². The van der Waals surface area contributed by atoms with E-state index in [2.05, 4.69) is 5.16 Å². The lowest BCUT2D eigenvalue weighted by atomic mass is 10.2. The Labute approximate surface area is 70.1 Å². The quantitative estimate of drug-likeness (QED) is 0.412. The Balaban J connectivity index is 2.66. The van der Waals surface area contributed by atoms with Gasteiger partial charge in [0.25, 0.3) is 0 Å². The van der Waals surface area contributed by atoms with Crippen LogP contribution < -0.4 is 0 Å². The number of hydrogen-bond donors (Lipinski definition) is 1. The molecular formula is C8H8ClNO. The van der Waals surface area contributed by atoms with E-state index >= 15 is 0 Å². The van der Waals surface area contributed by atoms with E-state index in [9.17, 15) is 0 Å². The monoisotopic (exact) mass is 169 g/mol. The van der Waals surface area contributed by atoms with Crippen molar-refractivity contribution in [3.8, 4) is 0 Å². The molecule has 0 aromatic heterocycles. The van der Waals surface area contributed by atoms with Crippen LogP contribution in [0.5, 0.6) is 0 Å². The summed E-state index contributed by atoms with van der Waals surface area (Å²) in [5.41, 5.74) is 1.08. The molecule has 1 aromatic carbocycles. The summed E-state index contributed by atoms with van der Waals surface area (Å²) < 4.78 is 0. The van der Waals surface area contributed by atoms with E-state index in [1.54, 1.807) is 0 Å². The maximum Gasteiger partial charge on any atom is 0.0479 e. The molecule has 1 rings (SSSR count). The normalized spacial score (nSPS) is 10.6. The highest BCUT2D eigenvalue weighted by molar-refractivity contribution is 6.30. The van der Waals surface area contributed by atoms with Crippen molar-refractivity contribution >= 4 is 17.8 Å². The highest BCUT2D eigenvalue weighted by atomic mass is 35.5. The second kappa shape index (κ2) is 3.98. The Bertz CT molecular complexity index is 243. The first-order chi connectivity index (χ1) is 5.33. The topological polar surface area (TPSA) is 32.6 Å². The number of nitrogens with zero attached hydrogens (tertiary/aromatic N) is 1. The molecule has 0 spiro atoms. The lowest BCUT2D eigenvalue weighted by Gasteiger charge is -1.93. The summed E-state index contributed by atoms with van der Waals surface area (Å²) in [6.07, 6.45) is 2.07. The summed E-state index contributed by atoms with van der Waals surface area (Å²) >= 11 is 5.66. The maximum absolute atomic E-state index is 8.13. The van der Waals surface area contributed by atoms with Crippen molar-refractivity contribution in [2.45, 2.75) is 6.42 Å². The molecule has 0 bridgehead atoms. The molecule has 58 valence electrons. The van der Waals surface area contributed by atoms with Crippen molar-refractivity contribution in [1.82, 2.24) is 0 Å². The van der Waals surface area contributed by atoms with Gasteiger partial charge in [0.1, 0.15) is 0 Å². The third-order valence-corrected chi connectivity index (χ3v) is 1.57. The third kappa shape index (κ3) is 2.60. The van der Waals surface area contributed by atoms with E-state index in [0.29, 0.717) is 6.42 Å². The van der Waals surface area contributed by atoms with Gasteiger partial charge in [0, 0.05) is 17.7 Å². The number of halogens is 1. The van der Waals surface area contributed by atoms with E-state index in [0.717, 1.165) is 10.6 Å². The minimum absolute atomic E-state index is 0.633. The van der Waals surface area contributed by atoms with Gasteiger partial charge in [-0.1, -0.05) is 23.7 Å². The minimum atomic E-state index is 0.633. The Morgan fingerprint density at radius 3 is 2.55 bits per heavy atom. The van der Waals surface area contributed by atoms with Gasteiger partial charge in [-0.05, 0) is 17.7 Å².